The molecule has 7 nitrogen and oxygen atoms in total. The number of amides is 1. The van der Waals surface area contributed by atoms with E-state index in [1.54, 1.807) is 43.4 Å². The molecule has 0 fully saturated rings. The summed E-state index contributed by atoms with van der Waals surface area (Å²) in [5, 5.41) is 3.08. The van der Waals surface area contributed by atoms with Gasteiger partial charge < -0.3 is 9.88 Å². The van der Waals surface area contributed by atoms with Crippen molar-refractivity contribution in [1.29, 1.82) is 0 Å². The Hall–Kier alpha value is -2.36. The average molecular weight is 440 g/mol. The minimum Gasteiger partial charge on any atom is -0.324 e. The number of thiazole rings is 1. The van der Waals surface area contributed by atoms with Crippen LogP contribution in [0.4, 0.5) is 11.4 Å². The van der Waals surface area contributed by atoms with Crippen LogP contribution in [0.25, 0.3) is 10.2 Å². The van der Waals surface area contributed by atoms with Crippen LogP contribution in [-0.2, 0) is 21.9 Å². The number of hydrogen-bond acceptors (Lipinski definition) is 5. The Bertz CT molecular complexity index is 1220. The lowest BCUT2D eigenvalue weighted by molar-refractivity contribution is -0.116. The summed E-state index contributed by atoms with van der Waals surface area (Å²) < 4.78 is 27.9. The second-order valence-electron chi connectivity index (χ2n) is 6.31. The SMILES string of the molecule is CC(C(=O)Nc1ccc2c(c1)sc(=O)n2C)N(c1cccc(Cl)c1)S(C)(=O)=O. The van der Waals surface area contributed by atoms with Gasteiger partial charge in [0.05, 0.1) is 22.2 Å². The lowest BCUT2D eigenvalue weighted by Crippen LogP contribution is -2.45. The van der Waals surface area contributed by atoms with Crippen molar-refractivity contribution in [2.24, 2.45) is 7.05 Å². The first-order valence-corrected chi connectivity index (χ1v) is 11.3. The number of nitrogens with zero attached hydrogens (tertiary/aromatic N) is 2. The van der Waals surface area contributed by atoms with Crippen LogP contribution in [0.2, 0.25) is 5.02 Å². The van der Waals surface area contributed by atoms with E-state index in [2.05, 4.69) is 5.32 Å². The zero-order valence-corrected chi connectivity index (χ0v) is 17.7. The van der Waals surface area contributed by atoms with E-state index in [0.717, 1.165) is 32.1 Å². The minimum absolute atomic E-state index is 0.101. The summed E-state index contributed by atoms with van der Waals surface area (Å²) in [6, 6.07) is 10.4. The molecule has 1 heterocycles. The van der Waals surface area contributed by atoms with E-state index in [-0.39, 0.29) is 4.87 Å². The third kappa shape index (κ3) is 4.06. The summed E-state index contributed by atoms with van der Waals surface area (Å²) in [5.74, 6) is -0.506. The Morgan fingerprint density at radius 2 is 1.96 bits per heavy atom. The van der Waals surface area contributed by atoms with Gasteiger partial charge in [0.1, 0.15) is 6.04 Å². The third-order valence-corrected chi connectivity index (χ3v) is 6.68. The molecular formula is C18H18ClN3O4S2. The van der Waals surface area contributed by atoms with Crippen molar-refractivity contribution in [3.05, 3.63) is 57.2 Å². The molecule has 0 aliphatic rings. The monoisotopic (exact) mass is 439 g/mol. The fraction of sp³-hybridized carbons (Fsp3) is 0.222. The number of carbonyl (C=O) groups excluding carboxylic acids is 1. The predicted octanol–water partition coefficient (Wildman–Crippen LogP) is 3.05. The number of nitrogens with one attached hydrogen (secondary N) is 1. The molecule has 0 aliphatic carbocycles. The van der Waals surface area contributed by atoms with E-state index < -0.39 is 22.0 Å². The first-order valence-electron chi connectivity index (χ1n) is 8.23. The number of anilines is 2. The molecule has 0 bridgehead atoms. The Morgan fingerprint density at radius 1 is 1.25 bits per heavy atom. The van der Waals surface area contributed by atoms with Crippen molar-refractivity contribution in [3.8, 4) is 0 Å². The lowest BCUT2D eigenvalue weighted by Gasteiger charge is -2.28. The van der Waals surface area contributed by atoms with Gasteiger partial charge in [-0.3, -0.25) is 13.9 Å². The molecule has 28 heavy (non-hydrogen) atoms. The smallest absolute Gasteiger partial charge is 0.307 e. The molecular weight excluding hydrogens is 422 g/mol. The predicted molar refractivity (Wildman–Crippen MR) is 114 cm³/mol. The van der Waals surface area contributed by atoms with E-state index in [4.69, 9.17) is 11.6 Å². The topological polar surface area (TPSA) is 88.5 Å². The molecule has 0 spiro atoms. The summed E-state index contributed by atoms with van der Waals surface area (Å²) in [7, 11) is -2.06. The summed E-state index contributed by atoms with van der Waals surface area (Å²) in [5.41, 5.74) is 1.54. The fourth-order valence-electron chi connectivity index (χ4n) is 2.88. The van der Waals surface area contributed by atoms with Gasteiger partial charge in [-0.05, 0) is 43.3 Å². The van der Waals surface area contributed by atoms with Gasteiger partial charge in [0.25, 0.3) is 0 Å². The van der Waals surface area contributed by atoms with Gasteiger partial charge in [0.15, 0.2) is 0 Å². The molecule has 1 amide bonds. The number of fused-ring (bicyclic) bond motifs is 1. The first kappa shape index (κ1) is 20.4. The maximum Gasteiger partial charge on any atom is 0.307 e. The standard InChI is InChI=1S/C18H18ClN3O4S2/c1-11(22(28(3,25)26)14-6-4-5-12(19)9-14)17(23)20-13-7-8-15-16(10-13)27-18(24)21(15)2/h4-11H,1-3H3,(H,20,23). The van der Waals surface area contributed by atoms with Gasteiger partial charge in [-0.25, -0.2) is 8.42 Å². The van der Waals surface area contributed by atoms with Gasteiger partial charge in [-0.15, -0.1) is 0 Å². The zero-order chi connectivity index (χ0) is 20.6. The van der Waals surface area contributed by atoms with Crippen LogP contribution in [0.1, 0.15) is 6.92 Å². The second kappa shape index (κ2) is 7.57. The molecule has 10 heteroatoms. The second-order valence-corrected chi connectivity index (χ2v) is 9.60. The number of aryl methyl sites for hydroxylation is 1. The average Bonchev–Trinajstić information content (AvgIpc) is 2.87. The number of aromatic nitrogens is 1. The Labute approximate surface area is 171 Å². The summed E-state index contributed by atoms with van der Waals surface area (Å²) in [6.07, 6.45) is 1.03. The largest absolute Gasteiger partial charge is 0.324 e. The Balaban J connectivity index is 1.90. The summed E-state index contributed by atoms with van der Waals surface area (Å²) in [4.78, 5) is 24.4. The zero-order valence-electron chi connectivity index (χ0n) is 15.3. The Kier molecular flexibility index (Phi) is 5.51. The van der Waals surface area contributed by atoms with Gasteiger partial charge in [0, 0.05) is 17.8 Å². The molecule has 0 saturated carbocycles. The maximum atomic E-state index is 12.8. The van der Waals surface area contributed by atoms with Crippen LogP contribution in [0, 0.1) is 0 Å². The fourth-order valence-corrected chi connectivity index (χ4v) is 5.15. The van der Waals surface area contributed by atoms with Gasteiger partial charge in [-0.1, -0.05) is 29.0 Å². The van der Waals surface area contributed by atoms with E-state index in [1.165, 1.54) is 17.6 Å². The first-order chi connectivity index (χ1) is 13.1. The molecule has 0 aliphatic heterocycles. The number of carbonyl (C=O) groups is 1. The van der Waals surface area contributed by atoms with Crippen LogP contribution >= 0.6 is 22.9 Å². The van der Waals surface area contributed by atoms with Crippen LogP contribution in [0.15, 0.2) is 47.3 Å². The highest BCUT2D eigenvalue weighted by atomic mass is 35.5. The van der Waals surface area contributed by atoms with E-state index in [0.29, 0.717) is 16.4 Å². The normalized spacial score (nSPS) is 12.7. The van der Waals surface area contributed by atoms with E-state index >= 15 is 0 Å². The van der Waals surface area contributed by atoms with E-state index in [9.17, 15) is 18.0 Å². The molecule has 1 aromatic heterocycles. The Morgan fingerprint density at radius 3 is 2.61 bits per heavy atom. The molecule has 0 radical (unpaired) electrons. The molecule has 3 rings (SSSR count). The van der Waals surface area contributed by atoms with Crippen molar-refractivity contribution in [2.45, 2.75) is 13.0 Å². The summed E-state index contributed by atoms with van der Waals surface area (Å²) >= 11 is 7.05. The maximum absolute atomic E-state index is 12.8. The highest BCUT2D eigenvalue weighted by Gasteiger charge is 2.29. The van der Waals surface area contributed by atoms with Crippen molar-refractivity contribution < 1.29 is 13.2 Å². The lowest BCUT2D eigenvalue weighted by atomic mass is 10.2. The third-order valence-electron chi connectivity index (χ3n) is 4.21. The quantitative estimate of drug-likeness (QED) is 0.661. The van der Waals surface area contributed by atoms with Crippen molar-refractivity contribution in [1.82, 2.24) is 4.57 Å². The molecule has 0 saturated heterocycles. The van der Waals surface area contributed by atoms with Crippen molar-refractivity contribution in [3.63, 3.8) is 0 Å². The van der Waals surface area contributed by atoms with Gasteiger partial charge in [-0.2, -0.15) is 0 Å². The molecule has 2 aromatic carbocycles. The van der Waals surface area contributed by atoms with Crippen LogP contribution in [0.5, 0.6) is 0 Å². The van der Waals surface area contributed by atoms with Crippen molar-refractivity contribution >= 4 is 60.5 Å². The molecule has 1 unspecified atom stereocenters. The van der Waals surface area contributed by atoms with Crippen molar-refractivity contribution in [2.75, 3.05) is 15.9 Å². The van der Waals surface area contributed by atoms with Crippen LogP contribution < -0.4 is 14.5 Å². The van der Waals surface area contributed by atoms with Crippen LogP contribution in [0.3, 0.4) is 0 Å². The minimum atomic E-state index is -3.74. The number of halogens is 1. The van der Waals surface area contributed by atoms with Gasteiger partial charge >= 0.3 is 4.87 Å². The van der Waals surface area contributed by atoms with Gasteiger partial charge in [0.2, 0.25) is 15.9 Å². The highest BCUT2D eigenvalue weighted by Crippen LogP contribution is 2.25. The number of hydrogen-bond donors (Lipinski definition) is 1. The number of benzene rings is 2. The summed E-state index contributed by atoms with van der Waals surface area (Å²) in [6.45, 7) is 1.50. The highest BCUT2D eigenvalue weighted by molar-refractivity contribution is 7.92. The molecule has 1 N–H and O–H groups in total. The van der Waals surface area contributed by atoms with Crippen LogP contribution in [-0.4, -0.2) is 31.2 Å². The molecule has 3 aromatic rings. The molecule has 1 atom stereocenters. The molecule has 148 valence electrons. The number of sulfonamides is 1. The number of rotatable bonds is 5. The van der Waals surface area contributed by atoms with E-state index in [1.807, 2.05) is 0 Å².